The second-order valence-electron chi connectivity index (χ2n) is 6.66. The molecule has 21 heavy (non-hydrogen) atoms. The lowest BCUT2D eigenvalue weighted by Crippen LogP contribution is -2.40. The minimum atomic E-state index is -0.760. The molecule has 1 saturated heterocycles. The summed E-state index contributed by atoms with van der Waals surface area (Å²) in [5, 5.41) is 4.06. The van der Waals surface area contributed by atoms with Gasteiger partial charge >= 0.3 is 0 Å². The summed E-state index contributed by atoms with van der Waals surface area (Å²) in [6, 6.07) is 0. The Kier molecular flexibility index (Phi) is 4.70. The second-order valence-corrected chi connectivity index (χ2v) is 6.66. The van der Waals surface area contributed by atoms with E-state index in [1.54, 1.807) is 0 Å². The van der Waals surface area contributed by atoms with E-state index in [1.165, 1.54) is 0 Å². The van der Waals surface area contributed by atoms with Crippen LogP contribution >= 0.6 is 0 Å². The molecule has 1 aromatic heterocycles. The van der Waals surface area contributed by atoms with Gasteiger partial charge in [0.05, 0.1) is 30.8 Å². The molecule has 0 bridgehead atoms. The van der Waals surface area contributed by atoms with Gasteiger partial charge in [0.15, 0.2) is 5.82 Å². The Bertz CT molecular complexity index is 472. The van der Waals surface area contributed by atoms with Gasteiger partial charge in [-0.1, -0.05) is 12.1 Å². The number of nitrogens with two attached hydrogens (primary N) is 1. The van der Waals surface area contributed by atoms with Gasteiger partial charge in [-0.25, -0.2) is 0 Å². The van der Waals surface area contributed by atoms with Crippen LogP contribution in [0.5, 0.6) is 0 Å². The molecule has 2 N–H and O–H groups in total. The average molecular weight is 297 g/mol. The standard InChI is InChI=1S/C15H27N3O3/c1-8(2)19-7-15(6,16)14-17-13(21-18-14)12-9(3)10(4)20-11(12)5/h8-12H,7,16H2,1-6H3. The predicted octanol–water partition coefficient (Wildman–Crippen LogP) is 2.20. The molecule has 0 saturated carbocycles. The topological polar surface area (TPSA) is 83.4 Å². The quantitative estimate of drug-likeness (QED) is 0.897. The van der Waals surface area contributed by atoms with Crippen molar-refractivity contribution in [2.75, 3.05) is 6.61 Å². The third-order valence-corrected chi connectivity index (χ3v) is 4.20. The Balaban J connectivity index is 2.14. The highest BCUT2D eigenvalue weighted by Crippen LogP contribution is 2.39. The molecule has 1 aliphatic heterocycles. The van der Waals surface area contributed by atoms with E-state index in [0.29, 0.717) is 24.2 Å². The molecule has 6 heteroatoms. The number of hydrogen-bond donors (Lipinski definition) is 1. The maximum Gasteiger partial charge on any atom is 0.232 e. The minimum Gasteiger partial charge on any atom is -0.376 e. The molecule has 0 spiro atoms. The highest BCUT2D eigenvalue weighted by atomic mass is 16.5. The Hall–Kier alpha value is -0.980. The number of ether oxygens (including phenoxy) is 2. The SMILES string of the molecule is CC(C)OCC(C)(N)c1noc(C2C(C)OC(C)C2C)n1. The van der Waals surface area contributed by atoms with Gasteiger partial charge in [-0.05, 0) is 40.5 Å². The van der Waals surface area contributed by atoms with Crippen LogP contribution in [0.15, 0.2) is 4.52 Å². The molecular formula is C15H27N3O3. The van der Waals surface area contributed by atoms with E-state index in [9.17, 15) is 0 Å². The number of hydrogen-bond acceptors (Lipinski definition) is 6. The van der Waals surface area contributed by atoms with Crippen molar-refractivity contribution >= 4 is 0 Å². The summed E-state index contributed by atoms with van der Waals surface area (Å²) < 4.78 is 16.9. The van der Waals surface area contributed by atoms with Crippen molar-refractivity contribution in [2.24, 2.45) is 11.7 Å². The van der Waals surface area contributed by atoms with E-state index < -0.39 is 5.54 Å². The lowest BCUT2D eigenvalue weighted by atomic mass is 9.89. The third-order valence-electron chi connectivity index (χ3n) is 4.20. The van der Waals surface area contributed by atoms with Gasteiger partial charge in [-0.2, -0.15) is 4.98 Å². The first-order valence-corrected chi connectivity index (χ1v) is 7.62. The normalized spacial score (nSPS) is 32.6. The van der Waals surface area contributed by atoms with Crippen molar-refractivity contribution in [2.45, 2.75) is 71.3 Å². The summed E-state index contributed by atoms with van der Waals surface area (Å²) in [4.78, 5) is 4.51. The zero-order chi connectivity index (χ0) is 15.8. The zero-order valence-electron chi connectivity index (χ0n) is 13.8. The van der Waals surface area contributed by atoms with Gasteiger partial charge in [0, 0.05) is 0 Å². The van der Waals surface area contributed by atoms with Gasteiger partial charge in [0.1, 0.15) is 5.54 Å². The van der Waals surface area contributed by atoms with Crippen LogP contribution in [-0.2, 0) is 15.0 Å². The van der Waals surface area contributed by atoms with E-state index in [4.69, 9.17) is 19.7 Å². The zero-order valence-corrected chi connectivity index (χ0v) is 13.8. The highest BCUT2D eigenvalue weighted by Gasteiger charge is 2.42. The molecule has 0 amide bonds. The van der Waals surface area contributed by atoms with Crippen molar-refractivity contribution < 1.29 is 14.0 Å². The third kappa shape index (κ3) is 3.44. The maximum atomic E-state index is 6.25. The van der Waals surface area contributed by atoms with Crippen LogP contribution in [0.3, 0.4) is 0 Å². The summed E-state index contributed by atoms with van der Waals surface area (Å²) in [6.07, 6.45) is 0.372. The fraction of sp³-hybridized carbons (Fsp3) is 0.867. The van der Waals surface area contributed by atoms with Gasteiger partial charge < -0.3 is 19.7 Å². The molecule has 1 aliphatic rings. The van der Waals surface area contributed by atoms with Crippen molar-refractivity contribution in [1.82, 2.24) is 10.1 Å². The molecule has 0 aromatic carbocycles. The summed E-state index contributed by atoms with van der Waals surface area (Å²) in [5.74, 6) is 1.54. The molecule has 2 heterocycles. The van der Waals surface area contributed by atoms with Gasteiger partial charge in [0.2, 0.25) is 5.89 Å². The largest absolute Gasteiger partial charge is 0.376 e. The second kappa shape index (κ2) is 6.02. The summed E-state index contributed by atoms with van der Waals surface area (Å²) >= 11 is 0. The van der Waals surface area contributed by atoms with Crippen LogP contribution in [0, 0.1) is 5.92 Å². The lowest BCUT2D eigenvalue weighted by Gasteiger charge is -2.21. The van der Waals surface area contributed by atoms with E-state index in [-0.39, 0.29) is 24.2 Å². The van der Waals surface area contributed by atoms with Crippen LogP contribution in [-0.4, -0.2) is 35.1 Å². The van der Waals surface area contributed by atoms with Crippen molar-refractivity contribution in [1.29, 1.82) is 0 Å². The molecule has 2 rings (SSSR count). The average Bonchev–Trinajstić information content (AvgIpc) is 2.94. The summed E-state index contributed by atoms with van der Waals surface area (Å²) in [6.45, 7) is 12.4. The fourth-order valence-corrected chi connectivity index (χ4v) is 2.70. The van der Waals surface area contributed by atoms with Gasteiger partial charge in [-0.15, -0.1) is 0 Å². The molecule has 120 valence electrons. The molecular weight excluding hydrogens is 270 g/mol. The molecule has 0 aliphatic carbocycles. The maximum absolute atomic E-state index is 6.25. The highest BCUT2D eigenvalue weighted by molar-refractivity contribution is 5.08. The lowest BCUT2D eigenvalue weighted by molar-refractivity contribution is 0.0410. The van der Waals surface area contributed by atoms with Crippen LogP contribution in [0.25, 0.3) is 0 Å². The van der Waals surface area contributed by atoms with Gasteiger partial charge in [0.25, 0.3) is 0 Å². The Labute approximate surface area is 126 Å². The molecule has 1 fully saturated rings. The Morgan fingerprint density at radius 1 is 1.29 bits per heavy atom. The first kappa shape index (κ1) is 16.4. The Morgan fingerprint density at radius 2 is 1.95 bits per heavy atom. The smallest absolute Gasteiger partial charge is 0.232 e. The minimum absolute atomic E-state index is 0.0687. The first-order valence-electron chi connectivity index (χ1n) is 7.62. The van der Waals surface area contributed by atoms with E-state index in [1.807, 2.05) is 27.7 Å². The van der Waals surface area contributed by atoms with Crippen LogP contribution in [0.4, 0.5) is 0 Å². The van der Waals surface area contributed by atoms with E-state index in [2.05, 4.69) is 24.0 Å². The number of rotatable bonds is 5. The fourth-order valence-electron chi connectivity index (χ4n) is 2.70. The van der Waals surface area contributed by atoms with Crippen molar-refractivity contribution in [3.8, 4) is 0 Å². The monoisotopic (exact) mass is 297 g/mol. The van der Waals surface area contributed by atoms with Crippen molar-refractivity contribution in [3.63, 3.8) is 0 Å². The summed E-state index contributed by atoms with van der Waals surface area (Å²) in [5.41, 5.74) is 5.49. The Morgan fingerprint density at radius 3 is 2.48 bits per heavy atom. The van der Waals surface area contributed by atoms with Gasteiger partial charge in [-0.3, -0.25) is 0 Å². The molecule has 1 aromatic rings. The van der Waals surface area contributed by atoms with E-state index in [0.717, 1.165) is 0 Å². The van der Waals surface area contributed by atoms with E-state index >= 15 is 0 Å². The molecule has 0 radical (unpaired) electrons. The van der Waals surface area contributed by atoms with Crippen LogP contribution in [0.1, 0.15) is 59.2 Å². The molecule has 5 unspecified atom stereocenters. The first-order chi connectivity index (χ1) is 9.72. The summed E-state index contributed by atoms with van der Waals surface area (Å²) in [7, 11) is 0. The van der Waals surface area contributed by atoms with Crippen LogP contribution in [0.2, 0.25) is 0 Å². The molecule has 5 atom stereocenters. The number of nitrogens with zero attached hydrogens (tertiary/aromatic N) is 2. The number of aromatic nitrogens is 2. The van der Waals surface area contributed by atoms with Crippen molar-refractivity contribution in [3.05, 3.63) is 11.7 Å². The predicted molar refractivity (Wildman–Crippen MR) is 78.8 cm³/mol. The molecule has 6 nitrogen and oxygen atoms in total. The van der Waals surface area contributed by atoms with Crippen LogP contribution < -0.4 is 5.73 Å².